The van der Waals surface area contributed by atoms with E-state index >= 15 is 0 Å². The minimum Gasteiger partial charge on any atom is -0.353 e. The largest absolute Gasteiger partial charge is 0.353 e. The molecule has 4 nitrogen and oxygen atoms in total. The van der Waals surface area contributed by atoms with E-state index in [0.717, 1.165) is 31.6 Å². The van der Waals surface area contributed by atoms with Gasteiger partial charge < -0.3 is 9.88 Å². The summed E-state index contributed by atoms with van der Waals surface area (Å²) >= 11 is 0. The number of rotatable bonds is 0. The summed E-state index contributed by atoms with van der Waals surface area (Å²) in [6.45, 7) is 1.83. The van der Waals surface area contributed by atoms with Crippen LogP contribution in [0.25, 0.3) is 10.9 Å². The zero-order chi connectivity index (χ0) is 16.4. The quantitative estimate of drug-likeness (QED) is 0.671. The summed E-state index contributed by atoms with van der Waals surface area (Å²) in [6, 6.07) is 17.1. The van der Waals surface area contributed by atoms with Gasteiger partial charge in [-0.2, -0.15) is 0 Å². The molecule has 3 aromatic rings. The summed E-state index contributed by atoms with van der Waals surface area (Å²) in [4.78, 5) is 15.8. The molecule has 0 fully saturated rings. The molecule has 2 aromatic carbocycles. The predicted octanol–water partition coefficient (Wildman–Crippen LogP) is 3.79. The smallest absolute Gasteiger partial charge is 0.114 e. The summed E-state index contributed by atoms with van der Waals surface area (Å²) in [6.07, 6.45) is 4.06. The van der Waals surface area contributed by atoms with E-state index in [4.69, 9.17) is 9.98 Å². The zero-order valence-corrected chi connectivity index (χ0v) is 13.9. The molecule has 6 rings (SSSR count). The van der Waals surface area contributed by atoms with Gasteiger partial charge in [-0.3, -0.25) is 4.99 Å². The molecular weight excluding hydrogens is 308 g/mol. The molecule has 25 heavy (non-hydrogen) atoms. The first kappa shape index (κ1) is 13.4. The number of hydrogen-bond acceptors (Lipinski definition) is 3. The number of para-hydroxylation sites is 2. The third-order valence-corrected chi connectivity index (χ3v) is 5.96. The van der Waals surface area contributed by atoms with Gasteiger partial charge in [-0.25, -0.2) is 4.99 Å². The van der Waals surface area contributed by atoms with E-state index in [1.54, 1.807) is 0 Å². The van der Waals surface area contributed by atoms with Crippen molar-refractivity contribution in [1.29, 1.82) is 0 Å². The molecule has 1 aromatic heterocycles. The monoisotopic (exact) mass is 326 g/mol. The van der Waals surface area contributed by atoms with Crippen LogP contribution in [0.3, 0.4) is 0 Å². The maximum absolute atomic E-state index is 5.01. The topological polar surface area (TPSA) is 43.8 Å². The molecule has 0 saturated carbocycles. The van der Waals surface area contributed by atoms with Crippen molar-refractivity contribution in [1.82, 2.24) is 9.88 Å². The van der Waals surface area contributed by atoms with Crippen molar-refractivity contribution in [3.63, 3.8) is 0 Å². The molecule has 122 valence electrons. The highest BCUT2D eigenvalue weighted by molar-refractivity contribution is 6.14. The summed E-state index contributed by atoms with van der Waals surface area (Å²) in [5.74, 6) is 0. The second kappa shape index (κ2) is 4.60. The molecule has 0 aliphatic carbocycles. The number of fused-ring (bicyclic) bond motifs is 5. The van der Waals surface area contributed by atoms with Crippen LogP contribution < -0.4 is 0 Å². The maximum atomic E-state index is 5.01. The molecule has 0 radical (unpaired) electrons. The number of aromatic nitrogens is 1. The van der Waals surface area contributed by atoms with Gasteiger partial charge in [0.2, 0.25) is 0 Å². The SMILES string of the molecule is C1=Nc2ccccc2C23CCN=C2c2[nH]c4ccccc4c2CCN13. The van der Waals surface area contributed by atoms with E-state index in [0.29, 0.717) is 0 Å². The predicted molar refractivity (Wildman–Crippen MR) is 101 cm³/mol. The maximum Gasteiger partial charge on any atom is 0.114 e. The molecular formula is C21H18N4. The fourth-order valence-corrected chi connectivity index (χ4v) is 4.87. The standard InChI is InChI=1S/C21H18N4/c1-3-7-17-14(5-1)15-9-12-25-13-23-18-8-4-2-6-16(18)21(25)10-11-22-20(21)19(15)24-17/h1-8,13,24H,9-12H2. The Morgan fingerprint density at radius 2 is 1.92 bits per heavy atom. The van der Waals surface area contributed by atoms with Crippen molar-refractivity contribution in [3.05, 3.63) is 65.4 Å². The van der Waals surface area contributed by atoms with Crippen molar-refractivity contribution in [2.75, 3.05) is 13.1 Å². The van der Waals surface area contributed by atoms with Crippen LogP contribution in [0.1, 0.15) is 23.2 Å². The number of H-pyrrole nitrogens is 1. The summed E-state index contributed by atoms with van der Waals surface area (Å²) in [7, 11) is 0. The minimum absolute atomic E-state index is 0.176. The first-order valence-corrected chi connectivity index (χ1v) is 8.93. The van der Waals surface area contributed by atoms with E-state index in [9.17, 15) is 0 Å². The molecule has 4 heteroatoms. The van der Waals surface area contributed by atoms with E-state index in [1.807, 2.05) is 6.34 Å². The Morgan fingerprint density at radius 1 is 1.04 bits per heavy atom. The Labute approximate surface area is 145 Å². The van der Waals surface area contributed by atoms with Crippen LogP contribution >= 0.6 is 0 Å². The van der Waals surface area contributed by atoms with Crippen LogP contribution in [-0.4, -0.2) is 35.0 Å². The second-order valence-corrected chi connectivity index (χ2v) is 7.07. The summed E-state index contributed by atoms with van der Waals surface area (Å²) in [5, 5.41) is 1.33. The lowest BCUT2D eigenvalue weighted by Crippen LogP contribution is -2.51. The molecule has 1 spiro atoms. The van der Waals surface area contributed by atoms with Crippen molar-refractivity contribution in [2.24, 2.45) is 9.98 Å². The summed E-state index contributed by atoms with van der Waals surface area (Å²) < 4.78 is 0. The van der Waals surface area contributed by atoms with Gasteiger partial charge in [0.25, 0.3) is 0 Å². The highest BCUT2D eigenvalue weighted by Gasteiger charge is 2.50. The van der Waals surface area contributed by atoms with Crippen LogP contribution in [0, 0.1) is 0 Å². The first-order chi connectivity index (χ1) is 12.4. The first-order valence-electron chi connectivity index (χ1n) is 8.93. The van der Waals surface area contributed by atoms with Gasteiger partial charge in [-0.15, -0.1) is 0 Å². The van der Waals surface area contributed by atoms with Gasteiger partial charge in [0.05, 0.1) is 23.4 Å². The third kappa shape index (κ3) is 1.57. The van der Waals surface area contributed by atoms with Crippen LogP contribution in [0.5, 0.6) is 0 Å². The second-order valence-electron chi connectivity index (χ2n) is 7.07. The lowest BCUT2D eigenvalue weighted by atomic mass is 9.79. The fraction of sp³-hybridized carbons (Fsp3) is 0.238. The van der Waals surface area contributed by atoms with E-state index in [1.165, 1.54) is 33.4 Å². The third-order valence-electron chi connectivity index (χ3n) is 5.96. The Morgan fingerprint density at radius 3 is 2.92 bits per heavy atom. The fourth-order valence-electron chi connectivity index (χ4n) is 4.87. The number of aromatic amines is 1. The Hall–Kier alpha value is -2.88. The Kier molecular flexibility index (Phi) is 2.47. The average molecular weight is 326 g/mol. The van der Waals surface area contributed by atoms with Crippen LogP contribution in [0.4, 0.5) is 5.69 Å². The molecule has 0 bridgehead atoms. The Balaban J connectivity index is 1.68. The normalized spacial score (nSPS) is 23.5. The van der Waals surface area contributed by atoms with E-state index < -0.39 is 0 Å². The number of benzene rings is 2. The summed E-state index contributed by atoms with van der Waals surface area (Å²) in [5.41, 5.74) is 7.22. The number of hydrogen-bond donors (Lipinski definition) is 1. The molecule has 4 heterocycles. The van der Waals surface area contributed by atoms with Gasteiger partial charge in [0.1, 0.15) is 5.54 Å². The van der Waals surface area contributed by atoms with Crippen LogP contribution in [0.15, 0.2) is 58.5 Å². The van der Waals surface area contributed by atoms with Crippen molar-refractivity contribution < 1.29 is 0 Å². The molecule has 1 N–H and O–H groups in total. The molecule has 1 unspecified atom stereocenters. The molecule has 1 atom stereocenters. The van der Waals surface area contributed by atoms with E-state index in [-0.39, 0.29) is 5.54 Å². The number of nitrogens with one attached hydrogen (secondary N) is 1. The highest BCUT2D eigenvalue weighted by atomic mass is 15.3. The number of aliphatic imine (C=N–C) groups is 2. The zero-order valence-electron chi connectivity index (χ0n) is 13.9. The van der Waals surface area contributed by atoms with Gasteiger partial charge in [-0.05, 0) is 24.1 Å². The van der Waals surface area contributed by atoms with Crippen molar-refractivity contribution >= 4 is 28.6 Å². The van der Waals surface area contributed by atoms with Gasteiger partial charge >= 0.3 is 0 Å². The lowest BCUT2D eigenvalue weighted by Gasteiger charge is -2.43. The molecule has 3 aliphatic rings. The highest BCUT2D eigenvalue weighted by Crippen LogP contribution is 2.47. The van der Waals surface area contributed by atoms with E-state index in [2.05, 4.69) is 58.4 Å². The lowest BCUT2D eigenvalue weighted by molar-refractivity contribution is 0.261. The minimum atomic E-state index is -0.176. The van der Waals surface area contributed by atoms with Gasteiger partial charge in [0, 0.05) is 36.0 Å². The molecule has 0 saturated heterocycles. The molecule has 0 amide bonds. The van der Waals surface area contributed by atoms with Crippen LogP contribution in [-0.2, 0) is 12.0 Å². The van der Waals surface area contributed by atoms with Crippen molar-refractivity contribution in [3.8, 4) is 0 Å². The average Bonchev–Trinajstić information content (AvgIpc) is 3.21. The van der Waals surface area contributed by atoms with Crippen LogP contribution in [0.2, 0.25) is 0 Å². The Bertz CT molecular complexity index is 1070. The number of nitrogens with zero attached hydrogens (tertiary/aromatic N) is 3. The molecule has 3 aliphatic heterocycles. The van der Waals surface area contributed by atoms with Gasteiger partial charge in [-0.1, -0.05) is 36.4 Å². The van der Waals surface area contributed by atoms with Crippen molar-refractivity contribution in [2.45, 2.75) is 18.4 Å². The van der Waals surface area contributed by atoms with Gasteiger partial charge in [0.15, 0.2) is 0 Å².